The van der Waals surface area contributed by atoms with Gasteiger partial charge < -0.3 is 23.9 Å². The summed E-state index contributed by atoms with van der Waals surface area (Å²) in [5, 5.41) is 12.6. The van der Waals surface area contributed by atoms with Crippen molar-refractivity contribution in [3.8, 4) is 28.3 Å². The molecule has 9 heteroatoms. The van der Waals surface area contributed by atoms with E-state index in [2.05, 4.69) is 4.98 Å². The lowest BCUT2D eigenvalue weighted by atomic mass is 9.83. The summed E-state index contributed by atoms with van der Waals surface area (Å²) in [5.41, 5.74) is 3.22. The number of carbonyl (C=O) groups is 1. The highest BCUT2D eigenvalue weighted by atomic mass is 16.6. The van der Waals surface area contributed by atoms with Crippen LogP contribution >= 0.6 is 0 Å². The molecule has 2 aliphatic rings. The van der Waals surface area contributed by atoms with Crippen LogP contribution in [0.25, 0.3) is 33.4 Å². The number of benzene rings is 1. The van der Waals surface area contributed by atoms with Crippen molar-refractivity contribution in [2.24, 2.45) is 0 Å². The second-order valence-corrected chi connectivity index (χ2v) is 9.25. The molecule has 6 rings (SSSR count). The van der Waals surface area contributed by atoms with E-state index in [0.29, 0.717) is 22.7 Å². The molecule has 5 heterocycles. The third-order valence-electron chi connectivity index (χ3n) is 7.47. The molecule has 4 aromatic rings. The maximum atomic E-state index is 13.8. The van der Waals surface area contributed by atoms with Gasteiger partial charge in [0.05, 0.1) is 36.1 Å². The minimum Gasteiger partial charge on any atom is -0.497 e. The third-order valence-corrected chi connectivity index (χ3v) is 7.47. The van der Waals surface area contributed by atoms with Gasteiger partial charge in [-0.15, -0.1) is 0 Å². The first-order chi connectivity index (χ1) is 17.9. The smallest absolute Gasteiger partial charge is 0.338 e. The van der Waals surface area contributed by atoms with Crippen molar-refractivity contribution in [1.29, 1.82) is 0 Å². The molecule has 3 aromatic heterocycles. The summed E-state index contributed by atoms with van der Waals surface area (Å²) in [6, 6.07) is 11.3. The molecule has 37 heavy (non-hydrogen) atoms. The maximum Gasteiger partial charge on any atom is 0.338 e. The molecule has 0 aliphatic carbocycles. The third kappa shape index (κ3) is 3.31. The molecule has 9 nitrogen and oxygen atoms in total. The van der Waals surface area contributed by atoms with E-state index in [1.165, 1.54) is 7.11 Å². The van der Waals surface area contributed by atoms with Crippen LogP contribution in [0.3, 0.4) is 0 Å². The number of cyclic esters (lactones) is 1. The number of nitrogens with zero attached hydrogens (tertiary/aromatic N) is 3. The Morgan fingerprint density at radius 1 is 1.14 bits per heavy atom. The van der Waals surface area contributed by atoms with E-state index in [9.17, 15) is 14.7 Å². The van der Waals surface area contributed by atoms with Crippen molar-refractivity contribution in [3.05, 3.63) is 75.8 Å². The minimum absolute atomic E-state index is 0.149. The molecule has 0 radical (unpaired) electrons. The van der Waals surface area contributed by atoms with E-state index < -0.39 is 17.7 Å². The molecule has 2 aliphatic heterocycles. The van der Waals surface area contributed by atoms with Crippen molar-refractivity contribution in [2.45, 2.75) is 38.2 Å². The van der Waals surface area contributed by atoms with Gasteiger partial charge in [0, 0.05) is 36.0 Å². The van der Waals surface area contributed by atoms with Gasteiger partial charge in [-0.3, -0.25) is 9.78 Å². The topological polar surface area (TPSA) is 113 Å². The summed E-state index contributed by atoms with van der Waals surface area (Å²) in [5.74, 6) is -0.00423. The average Bonchev–Trinajstić information content (AvgIpc) is 3.24. The molecular formula is C28H25N3O6. The zero-order valence-corrected chi connectivity index (χ0v) is 20.6. The summed E-state index contributed by atoms with van der Waals surface area (Å²) in [6.07, 6.45) is 2.35. The van der Waals surface area contributed by atoms with E-state index in [1.54, 1.807) is 37.1 Å². The lowest BCUT2D eigenvalue weighted by molar-refractivity contribution is -0.174. The van der Waals surface area contributed by atoms with Crippen LogP contribution < -0.4 is 10.3 Å². The van der Waals surface area contributed by atoms with Gasteiger partial charge in [0.1, 0.15) is 18.0 Å². The predicted octanol–water partition coefficient (Wildman–Crippen LogP) is 3.17. The number of aromatic nitrogens is 3. The molecule has 188 valence electrons. The second-order valence-electron chi connectivity index (χ2n) is 9.25. The number of rotatable bonds is 4. The van der Waals surface area contributed by atoms with Crippen LogP contribution in [0.5, 0.6) is 5.75 Å². The molecule has 1 N–H and O–H groups in total. The number of methoxy groups -OCH3 is 2. The molecule has 0 fully saturated rings. The number of fused-ring (bicyclic) bond motifs is 5. The van der Waals surface area contributed by atoms with E-state index in [1.807, 2.05) is 30.3 Å². The Balaban J connectivity index is 1.67. The van der Waals surface area contributed by atoms with Gasteiger partial charge in [0.15, 0.2) is 6.10 Å². The van der Waals surface area contributed by atoms with Crippen molar-refractivity contribution >= 4 is 16.9 Å². The molecule has 0 spiro atoms. The largest absolute Gasteiger partial charge is 0.497 e. The molecule has 2 atom stereocenters. The van der Waals surface area contributed by atoms with Crippen LogP contribution in [0.4, 0.5) is 0 Å². The zero-order valence-electron chi connectivity index (χ0n) is 20.6. The first-order valence-electron chi connectivity index (χ1n) is 12.0. The normalized spacial score (nSPS) is 20.1. The summed E-state index contributed by atoms with van der Waals surface area (Å²) >= 11 is 0. The maximum absolute atomic E-state index is 13.8. The first-order valence-corrected chi connectivity index (χ1v) is 12.0. The number of pyridine rings is 3. The van der Waals surface area contributed by atoms with Crippen LogP contribution in [0.1, 0.15) is 30.0 Å². The summed E-state index contributed by atoms with van der Waals surface area (Å²) < 4.78 is 17.8. The number of aliphatic hydroxyl groups is 1. The van der Waals surface area contributed by atoms with Crippen LogP contribution in [0.2, 0.25) is 0 Å². The Hall–Kier alpha value is -4.08. The van der Waals surface area contributed by atoms with Gasteiger partial charge in [0.25, 0.3) is 5.56 Å². The number of hydrogen-bond acceptors (Lipinski definition) is 8. The molecule has 0 bridgehead atoms. The molecule has 0 saturated heterocycles. The van der Waals surface area contributed by atoms with Crippen molar-refractivity contribution in [1.82, 2.24) is 14.5 Å². The highest BCUT2D eigenvalue weighted by molar-refractivity contribution is 6.00. The fourth-order valence-corrected chi connectivity index (χ4v) is 5.57. The monoisotopic (exact) mass is 499 g/mol. The second kappa shape index (κ2) is 8.50. The fraction of sp³-hybridized carbons (Fsp3) is 0.286. The lowest BCUT2D eigenvalue weighted by Crippen LogP contribution is -2.45. The Morgan fingerprint density at radius 3 is 2.62 bits per heavy atom. The van der Waals surface area contributed by atoms with Gasteiger partial charge in [-0.1, -0.05) is 6.92 Å². The highest BCUT2D eigenvalue weighted by Crippen LogP contribution is 2.44. The van der Waals surface area contributed by atoms with Gasteiger partial charge in [-0.2, -0.15) is 0 Å². The summed E-state index contributed by atoms with van der Waals surface area (Å²) in [6.45, 7) is 1.78. The number of hydrogen-bond donors (Lipinski definition) is 1. The molecule has 0 saturated carbocycles. The Bertz CT molecular complexity index is 1630. The average molecular weight is 500 g/mol. The number of carbonyl (C=O) groups excluding carboxylic acids is 1. The predicted molar refractivity (Wildman–Crippen MR) is 135 cm³/mol. The van der Waals surface area contributed by atoms with Crippen LogP contribution in [0, 0.1) is 0 Å². The molecule has 0 unspecified atom stereocenters. The van der Waals surface area contributed by atoms with E-state index in [4.69, 9.17) is 19.2 Å². The van der Waals surface area contributed by atoms with Crippen molar-refractivity contribution < 1.29 is 24.1 Å². The van der Waals surface area contributed by atoms with Gasteiger partial charge in [-0.25, -0.2) is 9.78 Å². The number of esters is 1. The molecule has 0 amide bonds. The van der Waals surface area contributed by atoms with Crippen LogP contribution in [-0.4, -0.2) is 45.9 Å². The fourth-order valence-electron chi connectivity index (χ4n) is 5.57. The SMILES string of the molecule is CC[C@]1(O)c2cc3n(c(=O)c2COC(=O)[C@H]1OC)Cc1c-3nc2ccc(OC)cc2c1-c1ccncc1. The van der Waals surface area contributed by atoms with Crippen molar-refractivity contribution in [2.75, 3.05) is 14.2 Å². The van der Waals surface area contributed by atoms with E-state index in [0.717, 1.165) is 27.6 Å². The zero-order chi connectivity index (χ0) is 25.9. The summed E-state index contributed by atoms with van der Waals surface area (Å²) in [7, 11) is 2.96. The van der Waals surface area contributed by atoms with Gasteiger partial charge >= 0.3 is 5.97 Å². The molecular weight excluding hydrogens is 474 g/mol. The molecule has 1 aromatic carbocycles. The van der Waals surface area contributed by atoms with Crippen LogP contribution in [-0.2, 0) is 33.0 Å². The van der Waals surface area contributed by atoms with E-state index >= 15 is 0 Å². The lowest BCUT2D eigenvalue weighted by Gasteiger charge is -2.32. The Kier molecular flexibility index (Phi) is 5.36. The van der Waals surface area contributed by atoms with E-state index in [-0.39, 0.29) is 30.7 Å². The first kappa shape index (κ1) is 23.3. The Labute approximate surface area is 212 Å². The summed E-state index contributed by atoms with van der Waals surface area (Å²) in [4.78, 5) is 35.6. The van der Waals surface area contributed by atoms with Gasteiger partial charge in [-0.05, 0) is 53.9 Å². The minimum atomic E-state index is -1.73. The highest BCUT2D eigenvalue weighted by Gasteiger charge is 2.48. The number of ether oxygens (including phenoxy) is 3. The van der Waals surface area contributed by atoms with Crippen molar-refractivity contribution in [3.63, 3.8) is 0 Å². The van der Waals surface area contributed by atoms with Gasteiger partial charge in [0.2, 0.25) is 0 Å². The quantitative estimate of drug-likeness (QED) is 0.375. The van der Waals surface area contributed by atoms with Crippen LogP contribution in [0.15, 0.2) is 53.6 Å². The standard InChI is InChI=1S/C28H25N3O6/c1-4-28(34)20-12-22-24-18(13-31(22)26(32)19(20)14-37-27(33)25(28)36-3)23(15-7-9-29-10-8-15)17-11-16(35-2)5-6-21(17)30-24/h5-12,25,34H,4,13-14H2,1-3H3/t25-,28+/m1/s1. The Morgan fingerprint density at radius 2 is 1.92 bits per heavy atom.